The number of nitrogens with one attached hydrogen (secondary N) is 1. The third kappa shape index (κ3) is 4.06. The highest BCUT2D eigenvalue weighted by atomic mass is 32.1. The van der Waals surface area contributed by atoms with E-state index >= 15 is 0 Å². The molecule has 0 atom stereocenters. The molecule has 1 aliphatic rings. The first kappa shape index (κ1) is 20.9. The van der Waals surface area contributed by atoms with Gasteiger partial charge in [-0.05, 0) is 86.4 Å². The van der Waals surface area contributed by atoms with Crippen molar-refractivity contribution < 1.29 is 9.84 Å². The number of methoxy groups -OCH3 is 1. The van der Waals surface area contributed by atoms with E-state index in [9.17, 15) is 5.11 Å². The van der Waals surface area contributed by atoms with Gasteiger partial charge in [-0.2, -0.15) is 0 Å². The molecule has 0 aliphatic carbocycles. The smallest absolute Gasteiger partial charge is 0.125 e. The van der Waals surface area contributed by atoms with Gasteiger partial charge in [0.1, 0.15) is 11.5 Å². The van der Waals surface area contributed by atoms with Gasteiger partial charge in [0, 0.05) is 44.5 Å². The Morgan fingerprint density at radius 2 is 1.81 bits per heavy atom. The molecule has 0 amide bonds. The van der Waals surface area contributed by atoms with E-state index < -0.39 is 0 Å². The van der Waals surface area contributed by atoms with Crippen molar-refractivity contribution in [2.24, 2.45) is 0 Å². The second-order valence-electron chi connectivity index (χ2n) is 8.42. The van der Waals surface area contributed by atoms with Gasteiger partial charge < -0.3 is 15.2 Å². The topological polar surface area (TPSA) is 44.7 Å². The molecular formula is C27H28N2O2S. The van der Waals surface area contributed by atoms with Crippen LogP contribution in [-0.2, 0) is 6.54 Å². The summed E-state index contributed by atoms with van der Waals surface area (Å²) < 4.78 is 6.98. The van der Waals surface area contributed by atoms with Gasteiger partial charge in [0.25, 0.3) is 0 Å². The first-order valence-electron chi connectivity index (χ1n) is 11.1. The number of thiophene rings is 1. The third-order valence-corrected chi connectivity index (χ3v) is 7.55. The molecule has 0 spiro atoms. The normalized spacial score (nSPS) is 14.2. The van der Waals surface area contributed by atoms with Gasteiger partial charge in [-0.1, -0.05) is 12.1 Å². The highest BCUT2D eigenvalue weighted by Crippen LogP contribution is 2.42. The van der Waals surface area contributed by atoms with E-state index in [1.54, 1.807) is 30.6 Å². The average molecular weight is 445 g/mol. The van der Waals surface area contributed by atoms with Crippen molar-refractivity contribution in [3.8, 4) is 21.9 Å². The molecule has 0 radical (unpaired) electrons. The van der Waals surface area contributed by atoms with Gasteiger partial charge in [0.05, 0.1) is 7.11 Å². The lowest BCUT2D eigenvalue weighted by atomic mass is 10.1. The lowest BCUT2D eigenvalue weighted by molar-refractivity contribution is 0.321. The number of likely N-dealkylation sites (tertiary alicyclic amines) is 1. The Morgan fingerprint density at radius 3 is 2.56 bits per heavy atom. The highest BCUT2D eigenvalue weighted by molar-refractivity contribution is 7.22. The molecule has 0 saturated carbocycles. The largest absolute Gasteiger partial charge is 0.508 e. The van der Waals surface area contributed by atoms with Crippen molar-refractivity contribution >= 4 is 32.8 Å². The molecule has 4 aromatic rings. The Bertz CT molecular complexity index is 1240. The Labute approximate surface area is 193 Å². The van der Waals surface area contributed by atoms with E-state index in [4.69, 9.17) is 4.74 Å². The van der Waals surface area contributed by atoms with Crippen molar-refractivity contribution in [1.29, 1.82) is 0 Å². The predicted octanol–water partition coefficient (Wildman–Crippen LogP) is 6.93. The van der Waals surface area contributed by atoms with E-state index in [1.165, 1.54) is 52.0 Å². The SMILES string of the molecule is COc1cc(Nc2cccc3sc(-c4ccc(O)cc4)c(C)c23)ccc1CN1CCCC1. The highest BCUT2D eigenvalue weighted by Gasteiger charge is 2.16. The maximum atomic E-state index is 9.64. The number of aryl methyl sites for hydroxylation is 1. The Kier molecular flexibility index (Phi) is 5.77. The molecule has 1 aliphatic heterocycles. The van der Waals surface area contributed by atoms with Gasteiger partial charge in [0.2, 0.25) is 0 Å². The standard InChI is InChI=1S/C27H28N2O2S/c1-18-26-23(6-5-7-25(26)32-27(18)19-9-12-22(30)13-10-19)28-21-11-8-20(24(16-21)31-2)17-29-14-3-4-15-29/h5-13,16,28,30H,3-4,14-15,17H2,1-2H3. The summed E-state index contributed by atoms with van der Waals surface area (Å²) in [6, 6.07) is 20.3. The van der Waals surface area contributed by atoms with E-state index in [1.807, 2.05) is 12.1 Å². The van der Waals surface area contributed by atoms with Crippen LogP contribution in [0.1, 0.15) is 24.0 Å². The molecule has 0 unspecified atom stereocenters. The fourth-order valence-corrected chi connectivity index (χ4v) is 5.83. The summed E-state index contributed by atoms with van der Waals surface area (Å²) in [7, 11) is 1.75. The lowest BCUT2D eigenvalue weighted by Crippen LogP contribution is -2.18. The summed E-state index contributed by atoms with van der Waals surface area (Å²) in [5.41, 5.74) is 5.73. The van der Waals surface area contributed by atoms with Gasteiger partial charge in [-0.25, -0.2) is 0 Å². The van der Waals surface area contributed by atoms with Crippen molar-refractivity contribution in [2.75, 3.05) is 25.5 Å². The predicted molar refractivity (Wildman–Crippen MR) is 134 cm³/mol. The lowest BCUT2D eigenvalue weighted by Gasteiger charge is -2.18. The number of fused-ring (bicyclic) bond motifs is 1. The summed E-state index contributed by atoms with van der Waals surface area (Å²) in [5, 5.41) is 14.5. The quantitative estimate of drug-likeness (QED) is 0.338. The van der Waals surface area contributed by atoms with Crippen LogP contribution in [0.15, 0.2) is 60.7 Å². The van der Waals surface area contributed by atoms with Crippen LogP contribution in [0.25, 0.3) is 20.5 Å². The number of anilines is 2. The molecule has 2 heterocycles. The van der Waals surface area contributed by atoms with Crippen molar-refractivity contribution in [1.82, 2.24) is 4.90 Å². The number of rotatable bonds is 6. The van der Waals surface area contributed by atoms with E-state index in [-0.39, 0.29) is 5.75 Å². The van der Waals surface area contributed by atoms with Crippen LogP contribution < -0.4 is 10.1 Å². The number of ether oxygens (including phenoxy) is 1. The zero-order valence-electron chi connectivity index (χ0n) is 18.5. The number of hydrogen-bond donors (Lipinski definition) is 2. The van der Waals surface area contributed by atoms with Gasteiger partial charge in [0.15, 0.2) is 0 Å². The van der Waals surface area contributed by atoms with Crippen LogP contribution in [-0.4, -0.2) is 30.2 Å². The molecule has 5 heteroatoms. The maximum absolute atomic E-state index is 9.64. The zero-order chi connectivity index (χ0) is 22.1. The van der Waals surface area contributed by atoms with E-state index in [2.05, 4.69) is 53.5 Å². The first-order valence-corrected chi connectivity index (χ1v) is 11.9. The summed E-state index contributed by atoms with van der Waals surface area (Å²) in [4.78, 5) is 3.72. The van der Waals surface area contributed by atoms with E-state index in [0.717, 1.165) is 29.2 Å². The fraction of sp³-hybridized carbons (Fsp3) is 0.259. The van der Waals surface area contributed by atoms with Crippen LogP contribution in [0.3, 0.4) is 0 Å². The minimum atomic E-state index is 0.289. The number of benzene rings is 3. The van der Waals surface area contributed by atoms with Gasteiger partial charge >= 0.3 is 0 Å². The molecule has 3 aromatic carbocycles. The summed E-state index contributed by atoms with van der Waals surface area (Å²) in [6.07, 6.45) is 2.58. The molecule has 2 N–H and O–H groups in total. The monoisotopic (exact) mass is 444 g/mol. The van der Waals surface area contributed by atoms with Crippen molar-refractivity contribution in [2.45, 2.75) is 26.3 Å². The molecule has 164 valence electrons. The number of phenols is 1. The fourth-order valence-electron chi connectivity index (χ4n) is 4.59. The molecule has 4 nitrogen and oxygen atoms in total. The Morgan fingerprint density at radius 1 is 1.03 bits per heavy atom. The Balaban J connectivity index is 1.46. The number of aromatic hydroxyl groups is 1. The van der Waals surface area contributed by atoms with Crippen LogP contribution in [0.5, 0.6) is 11.5 Å². The molecule has 5 rings (SSSR count). The minimum Gasteiger partial charge on any atom is -0.508 e. The maximum Gasteiger partial charge on any atom is 0.125 e. The summed E-state index contributed by atoms with van der Waals surface area (Å²) in [6.45, 7) is 5.46. The Hall–Kier alpha value is -3.02. The van der Waals surface area contributed by atoms with Crippen LogP contribution >= 0.6 is 11.3 Å². The molecule has 1 saturated heterocycles. The number of hydrogen-bond acceptors (Lipinski definition) is 5. The third-order valence-electron chi connectivity index (χ3n) is 6.24. The van der Waals surface area contributed by atoms with Crippen LogP contribution in [0.2, 0.25) is 0 Å². The van der Waals surface area contributed by atoms with E-state index in [0.29, 0.717) is 0 Å². The molecule has 32 heavy (non-hydrogen) atoms. The molecule has 0 bridgehead atoms. The van der Waals surface area contributed by atoms with Crippen molar-refractivity contribution in [3.63, 3.8) is 0 Å². The van der Waals surface area contributed by atoms with Crippen LogP contribution in [0, 0.1) is 6.92 Å². The average Bonchev–Trinajstić information content (AvgIpc) is 3.44. The molecular weight excluding hydrogens is 416 g/mol. The second-order valence-corrected chi connectivity index (χ2v) is 9.47. The first-order chi connectivity index (χ1) is 15.6. The number of nitrogens with zero attached hydrogens (tertiary/aromatic N) is 1. The van der Waals surface area contributed by atoms with Crippen molar-refractivity contribution in [3.05, 3.63) is 71.8 Å². The van der Waals surface area contributed by atoms with Crippen LogP contribution in [0.4, 0.5) is 11.4 Å². The number of phenolic OH excluding ortho intramolecular Hbond substituents is 1. The van der Waals surface area contributed by atoms with Gasteiger partial charge in [-0.15, -0.1) is 11.3 Å². The summed E-state index contributed by atoms with van der Waals surface area (Å²) >= 11 is 1.78. The summed E-state index contributed by atoms with van der Waals surface area (Å²) in [5.74, 6) is 1.22. The molecule has 1 aromatic heterocycles. The zero-order valence-corrected chi connectivity index (χ0v) is 19.3. The van der Waals surface area contributed by atoms with Gasteiger partial charge in [-0.3, -0.25) is 4.90 Å². The second kappa shape index (κ2) is 8.85. The minimum absolute atomic E-state index is 0.289. The molecule has 1 fully saturated rings.